The van der Waals surface area contributed by atoms with Gasteiger partial charge in [-0.2, -0.15) is 0 Å². The normalized spacial score (nSPS) is 13.6. The van der Waals surface area contributed by atoms with Gasteiger partial charge in [0, 0.05) is 55.2 Å². The highest BCUT2D eigenvalue weighted by atomic mass is 16.3. The van der Waals surface area contributed by atoms with Crippen molar-refractivity contribution in [3.63, 3.8) is 0 Å². The smallest absolute Gasteiger partial charge is 0.143 e. The second-order valence-corrected chi connectivity index (χ2v) is 12.9. The fraction of sp³-hybridized carbons (Fsp3) is 0.0698. The highest BCUT2D eigenvalue weighted by Crippen LogP contribution is 2.52. The first-order valence-electron chi connectivity index (χ1n) is 15.9. The van der Waals surface area contributed by atoms with E-state index < -0.39 is 0 Å². The summed E-state index contributed by atoms with van der Waals surface area (Å²) in [5.74, 6) is 0. The minimum atomic E-state index is -0.0657. The number of hydrogen-bond acceptors (Lipinski definition) is 3. The molecule has 3 nitrogen and oxygen atoms in total. The van der Waals surface area contributed by atoms with Gasteiger partial charge < -0.3 is 13.7 Å². The molecule has 0 unspecified atom stereocenters. The molecule has 218 valence electrons. The van der Waals surface area contributed by atoms with Crippen molar-refractivity contribution in [2.24, 2.45) is 0 Å². The van der Waals surface area contributed by atoms with Crippen molar-refractivity contribution in [2.45, 2.75) is 19.3 Å². The quantitative estimate of drug-likeness (QED) is 0.205. The number of anilines is 3. The molecule has 46 heavy (non-hydrogen) atoms. The first kappa shape index (κ1) is 25.5. The molecule has 10 rings (SSSR count). The Kier molecular flexibility index (Phi) is 5.06. The van der Waals surface area contributed by atoms with Crippen molar-refractivity contribution in [3.05, 3.63) is 151 Å². The van der Waals surface area contributed by atoms with Crippen molar-refractivity contribution in [1.29, 1.82) is 0 Å². The van der Waals surface area contributed by atoms with Gasteiger partial charge in [0.25, 0.3) is 0 Å². The SMILES string of the molecule is CC1(C)c2ccccc2-c2cc(N(c3ccc4c(c3)oc3ccccc34)c3cc4c5ccccc5oc4c4ccccc34)ccc21. The average molecular weight is 592 g/mol. The minimum absolute atomic E-state index is 0.0657. The Labute approximate surface area is 265 Å². The number of benzene rings is 7. The summed E-state index contributed by atoms with van der Waals surface area (Å²) in [5.41, 5.74) is 12.0. The molecule has 0 amide bonds. The van der Waals surface area contributed by atoms with Crippen LogP contribution in [0.15, 0.2) is 148 Å². The lowest BCUT2D eigenvalue weighted by molar-refractivity contribution is 0.660. The summed E-state index contributed by atoms with van der Waals surface area (Å²) in [4.78, 5) is 2.39. The third-order valence-corrected chi connectivity index (χ3v) is 10.0. The van der Waals surface area contributed by atoms with Gasteiger partial charge in [-0.25, -0.2) is 0 Å². The van der Waals surface area contributed by atoms with Crippen molar-refractivity contribution < 1.29 is 8.83 Å². The molecule has 1 aliphatic rings. The van der Waals surface area contributed by atoms with Crippen molar-refractivity contribution in [2.75, 3.05) is 4.90 Å². The largest absolute Gasteiger partial charge is 0.456 e. The van der Waals surface area contributed by atoms with Crippen LogP contribution in [0.4, 0.5) is 17.1 Å². The molecule has 0 aliphatic heterocycles. The zero-order chi connectivity index (χ0) is 30.6. The maximum Gasteiger partial charge on any atom is 0.143 e. The molecule has 0 N–H and O–H groups in total. The molecule has 0 atom stereocenters. The van der Waals surface area contributed by atoms with Gasteiger partial charge in [-0.05, 0) is 64.7 Å². The van der Waals surface area contributed by atoms with Gasteiger partial charge in [0.15, 0.2) is 0 Å². The monoisotopic (exact) mass is 591 g/mol. The van der Waals surface area contributed by atoms with Crippen molar-refractivity contribution >= 4 is 71.7 Å². The van der Waals surface area contributed by atoms with E-state index in [4.69, 9.17) is 8.83 Å². The Morgan fingerprint density at radius 1 is 0.435 bits per heavy atom. The summed E-state index contributed by atoms with van der Waals surface area (Å²) < 4.78 is 12.9. The molecule has 9 aromatic rings. The Morgan fingerprint density at radius 2 is 1.02 bits per heavy atom. The number of furan rings is 2. The van der Waals surface area contributed by atoms with Crippen LogP contribution in [0.1, 0.15) is 25.0 Å². The first-order chi connectivity index (χ1) is 22.6. The van der Waals surface area contributed by atoms with Crippen LogP contribution in [0.3, 0.4) is 0 Å². The summed E-state index contributed by atoms with van der Waals surface area (Å²) in [6.45, 7) is 4.66. The topological polar surface area (TPSA) is 29.5 Å². The predicted octanol–water partition coefficient (Wildman–Crippen LogP) is 12.4. The van der Waals surface area contributed by atoms with Crippen LogP contribution in [0.25, 0.3) is 65.8 Å². The van der Waals surface area contributed by atoms with E-state index in [9.17, 15) is 0 Å². The van der Waals surface area contributed by atoms with Gasteiger partial charge in [-0.3, -0.25) is 0 Å². The minimum Gasteiger partial charge on any atom is -0.456 e. The van der Waals surface area contributed by atoms with Crippen LogP contribution in [0.2, 0.25) is 0 Å². The predicted molar refractivity (Wildman–Crippen MR) is 191 cm³/mol. The van der Waals surface area contributed by atoms with E-state index in [1.165, 1.54) is 22.3 Å². The number of fused-ring (bicyclic) bond motifs is 11. The first-order valence-corrected chi connectivity index (χ1v) is 15.9. The van der Waals surface area contributed by atoms with Gasteiger partial charge in [0.1, 0.15) is 22.3 Å². The number of para-hydroxylation sites is 2. The molecule has 2 aromatic heterocycles. The van der Waals surface area contributed by atoms with Crippen LogP contribution in [0, 0.1) is 0 Å². The van der Waals surface area contributed by atoms with E-state index in [2.05, 4.69) is 140 Å². The van der Waals surface area contributed by atoms with Gasteiger partial charge in [0.05, 0.1) is 5.69 Å². The van der Waals surface area contributed by atoms with E-state index in [0.717, 1.165) is 71.7 Å². The molecule has 1 aliphatic carbocycles. The van der Waals surface area contributed by atoms with E-state index in [1.807, 2.05) is 18.2 Å². The van der Waals surface area contributed by atoms with Crippen LogP contribution < -0.4 is 4.90 Å². The Balaban J connectivity index is 1.29. The summed E-state index contributed by atoms with van der Waals surface area (Å²) in [6, 6.07) is 49.9. The van der Waals surface area contributed by atoms with E-state index in [-0.39, 0.29) is 5.41 Å². The maximum atomic E-state index is 6.49. The van der Waals surface area contributed by atoms with Crippen LogP contribution >= 0.6 is 0 Å². The van der Waals surface area contributed by atoms with Crippen LogP contribution in [-0.4, -0.2) is 0 Å². The van der Waals surface area contributed by atoms with E-state index in [0.29, 0.717) is 0 Å². The molecule has 2 heterocycles. The average Bonchev–Trinajstić information content (AvgIpc) is 3.73. The molecule has 0 spiro atoms. The lowest BCUT2D eigenvalue weighted by Gasteiger charge is -2.28. The molecule has 0 bridgehead atoms. The molecular formula is C43H29NO2. The third-order valence-electron chi connectivity index (χ3n) is 10.0. The lowest BCUT2D eigenvalue weighted by atomic mass is 9.82. The summed E-state index contributed by atoms with van der Waals surface area (Å²) in [5, 5.41) is 6.68. The molecule has 7 aromatic carbocycles. The summed E-state index contributed by atoms with van der Waals surface area (Å²) >= 11 is 0. The Bertz CT molecular complexity index is 2690. The van der Waals surface area contributed by atoms with Gasteiger partial charge in [-0.15, -0.1) is 0 Å². The number of nitrogens with zero attached hydrogens (tertiary/aromatic N) is 1. The van der Waals surface area contributed by atoms with Crippen LogP contribution in [-0.2, 0) is 5.41 Å². The Morgan fingerprint density at radius 3 is 1.85 bits per heavy atom. The molecule has 0 saturated heterocycles. The fourth-order valence-electron chi connectivity index (χ4n) is 7.84. The number of rotatable bonds is 3. The summed E-state index contributed by atoms with van der Waals surface area (Å²) in [7, 11) is 0. The molecule has 0 radical (unpaired) electrons. The van der Waals surface area contributed by atoms with Gasteiger partial charge >= 0.3 is 0 Å². The van der Waals surface area contributed by atoms with E-state index in [1.54, 1.807) is 0 Å². The molecule has 0 saturated carbocycles. The molecular weight excluding hydrogens is 562 g/mol. The lowest BCUT2D eigenvalue weighted by Crippen LogP contribution is -2.15. The standard InChI is InChI=1S/C43H29NO2/c1-43(2)36-16-8-5-11-28(36)34-23-26(20-22-37(34)43)44(27-19-21-32-30-13-6-9-17-39(30)45-41(32)24-27)38-25-35-31-14-7-10-18-40(31)46-42(35)33-15-4-3-12-29(33)38/h3-25H,1-2H3. The summed E-state index contributed by atoms with van der Waals surface area (Å²) in [6.07, 6.45) is 0. The second-order valence-electron chi connectivity index (χ2n) is 12.9. The highest BCUT2D eigenvalue weighted by molar-refractivity contribution is 6.20. The van der Waals surface area contributed by atoms with E-state index >= 15 is 0 Å². The highest BCUT2D eigenvalue weighted by Gasteiger charge is 2.35. The van der Waals surface area contributed by atoms with Crippen molar-refractivity contribution in [3.8, 4) is 11.1 Å². The van der Waals surface area contributed by atoms with Crippen LogP contribution in [0.5, 0.6) is 0 Å². The maximum absolute atomic E-state index is 6.49. The fourth-order valence-corrected chi connectivity index (χ4v) is 7.84. The second kappa shape index (κ2) is 9.12. The zero-order valence-corrected chi connectivity index (χ0v) is 25.5. The zero-order valence-electron chi connectivity index (χ0n) is 25.5. The third kappa shape index (κ3) is 3.43. The van der Waals surface area contributed by atoms with Gasteiger partial charge in [0.2, 0.25) is 0 Å². The van der Waals surface area contributed by atoms with Crippen molar-refractivity contribution in [1.82, 2.24) is 0 Å². The molecule has 0 fully saturated rings. The molecule has 3 heteroatoms. The van der Waals surface area contributed by atoms with Gasteiger partial charge in [-0.1, -0.05) is 105 Å². The number of hydrogen-bond donors (Lipinski definition) is 0. The Hall–Kier alpha value is -5.80.